The molecule has 0 radical (unpaired) electrons. The molecular weight excluding hydrogens is 292 g/mol. The average Bonchev–Trinajstić information content (AvgIpc) is 2.84. The average molecular weight is 302 g/mol. The van der Waals surface area contributed by atoms with E-state index in [1.165, 1.54) is 19.1 Å². The first-order chi connectivity index (χ1) is 8.79. The highest BCUT2D eigenvalue weighted by Gasteiger charge is 2.22. The number of anilines is 1. The molecule has 2 aromatic rings. The molecule has 2 N–H and O–H groups in total. The number of nitrogens with one attached hydrogen (secondary N) is 1. The van der Waals surface area contributed by atoms with Crippen molar-refractivity contribution in [1.29, 1.82) is 0 Å². The van der Waals surface area contributed by atoms with Crippen molar-refractivity contribution in [3.05, 3.63) is 28.3 Å². The molecule has 0 saturated carbocycles. The van der Waals surface area contributed by atoms with Gasteiger partial charge in [-0.3, -0.25) is 0 Å². The van der Waals surface area contributed by atoms with Crippen LogP contribution in [0.1, 0.15) is 20.9 Å². The molecule has 19 heavy (non-hydrogen) atoms. The molecule has 0 aliphatic heterocycles. The third-order valence-corrected chi connectivity index (χ3v) is 5.26. The first-order valence-corrected chi connectivity index (χ1v) is 7.39. The maximum absolute atomic E-state index is 12.0. The van der Waals surface area contributed by atoms with E-state index in [-0.39, 0.29) is 15.0 Å². The monoisotopic (exact) mass is 302 g/mol. The number of hydrogen-bond donors (Lipinski definition) is 2. The number of carboxylic acid groups (broad SMARTS) is 1. The second-order valence-electron chi connectivity index (χ2n) is 3.82. The molecule has 9 heteroatoms. The number of sulfonamides is 1. The topological polar surface area (TPSA) is 110 Å². The van der Waals surface area contributed by atoms with Crippen LogP contribution in [0.3, 0.4) is 0 Å². The van der Waals surface area contributed by atoms with Gasteiger partial charge in [0.15, 0.2) is 0 Å². The second kappa shape index (κ2) is 4.67. The highest BCUT2D eigenvalue weighted by atomic mass is 32.2. The van der Waals surface area contributed by atoms with Crippen LogP contribution in [0.4, 0.5) is 5.88 Å². The van der Waals surface area contributed by atoms with E-state index >= 15 is 0 Å². The first-order valence-electron chi connectivity index (χ1n) is 5.09. The number of thiophene rings is 1. The van der Waals surface area contributed by atoms with E-state index in [4.69, 9.17) is 9.63 Å². The Morgan fingerprint density at radius 1 is 1.42 bits per heavy atom. The smallest absolute Gasteiger partial charge is 0.346 e. The molecule has 0 amide bonds. The molecule has 0 spiro atoms. The summed E-state index contributed by atoms with van der Waals surface area (Å²) in [6.45, 7) is 3.19. The second-order valence-corrected chi connectivity index (χ2v) is 6.78. The molecule has 2 aromatic heterocycles. The Labute approximate surface area is 112 Å². The maximum Gasteiger partial charge on any atom is 0.346 e. The molecule has 0 aliphatic rings. The van der Waals surface area contributed by atoms with Crippen molar-refractivity contribution in [2.24, 2.45) is 0 Å². The Morgan fingerprint density at radius 2 is 2.11 bits per heavy atom. The summed E-state index contributed by atoms with van der Waals surface area (Å²) in [5.74, 6) is -1.17. The minimum Gasteiger partial charge on any atom is -0.477 e. The molecule has 0 unspecified atom stereocenters. The molecule has 0 bridgehead atoms. The number of aromatic carboxylic acids is 1. The van der Waals surface area contributed by atoms with Gasteiger partial charge in [-0.25, -0.2) is 17.9 Å². The largest absolute Gasteiger partial charge is 0.477 e. The van der Waals surface area contributed by atoms with E-state index < -0.39 is 16.0 Å². The van der Waals surface area contributed by atoms with Gasteiger partial charge < -0.3 is 9.63 Å². The van der Waals surface area contributed by atoms with Gasteiger partial charge in [0.2, 0.25) is 5.88 Å². The number of carboxylic acids is 1. The normalized spacial score (nSPS) is 11.5. The number of carbonyl (C=O) groups is 1. The number of nitrogens with zero attached hydrogens (tertiary/aromatic N) is 1. The Hall–Kier alpha value is -1.87. The molecule has 0 atom stereocenters. The first kappa shape index (κ1) is 13.6. The van der Waals surface area contributed by atoms with Crippen molar-refractivity contribution < 1.29 is 22.8 Å². The standard InChI is InChI=1S/C10H10N2O5S2/c1-5-3-8(18-9(5)10(13)14)19(15,16)12-7-4-6(2)11-17-7/h3-4,12H,1-2H3,(H,13,14). The van der Waals surface area contributed by atoms with Gasteiger partial charge in [-0.05, 0) is 25.5 Å². The predicted molar refractivity (Wildman–Crippen MR) is 68.1 cm³/mol. The van der Waals surface area contributed by atoms with Crippen molar-refractivity contribution in [3.63, 3.8) is 0 Å². The van der Waals surface area contributed by atoms with E-state index in [1.54, 1.807) is 6.92 Å². The lowest BCUT2D eigenvalue weighted by Crippen LogP contribution is -2.10. The van der Waals surface area contributed by atoms with E-state index in [1.807, 2.05) is 0 Å². The van der Waals surface area contributed by atoms with Crippen LogP contribution in [0.15, 0.2) is 20.9 Å². The molecule has 102 valence electrons. The van der Waals surface area contributed by atoms with Crippen LogP contribution in [0.2, 0.25) is 0 Å². The molecule has 2 heterocycles. The molecular formula is C10H10N2O5S2. The van der Waals surface area contributed by atoms with Gasteiger partial charge in [0, 0.05) is 6.07 Å². The van der Waals surface area contributed by atoms with Gasteiger partial charge in [-0.15, -0.1) is 11.3 Å². The predicted octanol–water partition coefficient (Wildman–Crippen LogP) is 1.85. The Balaban J connectivity index is 2.34. The lowest BCUT2D eigenvalue weighted by Gasteiger charge is -2.00. The van der Waals surface area contributed by atoms with Gasteiger partial charge in [-0.2, -0.15) is 0 Å². The van der Waals surface area contributed by atoms with E-state index in [0.717, 1.165) is 0 Å². The van der Waals surface area contributed by atoms with Crippen molar-refractivity contribution in [2.75, 3.05) is 4.72 Å². The van der Waals surface area contributed by atoms with Gasteiger partial charge in [0.05, 0.1) is 5.69 Å². The van der Waals surface area contributed by atoms with E-state index in [0.29, 0.717) is 22.6 Å². The number of aromatic nitrogens is 1. The highest BCUT2D eigenvalue weighted by Crippen LogP contribution is 2.27. The Kier molecular flexibility index (Phi) is 3.33. The minimum absolute atomic E-state index is 0.00544. The van der Waals surface area contributed by atoms with Crippen LogP contribution < -0.4 is 4.72 Å². The minimum atomic E-state index is -3.86. The summed E-state index contributed by atoms with van der Waals surface area (Å²) in [5.41, 5.74) is 0.929. The number of rotatable bonds is 4. The molecule has 2 rings (SSSR count). The van der Waals surface area contributed by atoms with Crippen molar-refractivity contribution in [1.82, 2.24) is 5.16 Å². The zero-order chi connectivity index (χ0) is 14.2. The van der Waals surface area contributed by atoms with Gasteiger partial charge in [0.1, 0.15) is 9.09 Å². The summed E-state index contributed by atoms with van der Waals surface area (Å²) in [7, 11) is -3.86. The van der Waals surface area contributed by atoms with Crippen LogP contribution in [0.25, 0.3) is 0 Å². The quantitative estimate of drug-likeness (QED) is 0.892. The Bertz CT molecular complexity index is 729. The summed E-state index contributed by atoms with van der Waals surface area (Å²) in [6, 6.07) is 2.73. The van der Waals surface area contributed by atoms with Gasteiger partial charge in [-0.1, -0.05) is 5.16 Å². The zero-order valence-electron chi connectivity index (χ0n) is 10.00. The molecule has 0 aliphatic carbocycles. The summed E-state index contributed by atoms with van der Waals surface area (Å²) in [5, 5.41) is 12.5. The van der Waals surface area contributed by atoms with E-state index in [9.17, 15) is 13.2 Å². The highest BCUT2D eigenvalue weighted by molar-refractivity contribution is 7.94. The third-order valence-electron chi connectivity index (χ3n) is 2.22. The summed E-state index contributed by atoms with van der Waals surface area (Å²) >= 11 is 0.689. The van der Waals surface area contributed by atoms with Crippen LogP contribution in [-0.4, -0.2) is 24.7 Å². The lowest BCUT2D eigenvalue weighted by molar-refractivity contribution is 0.0701. The summed E-state index contributed by atoms with van der Waals surface area (Å²) in [4.78, 5) is 10.9. The molecule has 0 aromatic carbocycles. The van der Waals surface area contributed by atoms with Crippen LogP contribution in [-0.2, 0) is 10.0 Å². The van der Waals surface area contributed by atoms with Gasteiger partial charge in [0.25, 0.3) is 10.0 Å². The van der Waals surface area contributed by atoms with Gasteiger partial charge >= 0.3 is 5.97 Å². The molecule has 7 nitrogen and oxygen atoms in total. The lowest BCUT2D eigenvalue weighted by atomic mass is 10.3. The fourth-order valence-corrected chi connectivity index (χ4v) is 3.74. The van der Waals surface area contributed by atoms with Crippen molar-refractivity contribution in [3.8, 4) is 0 Å². The molecule has 0 saturated heterocycles. The number of hydrogen-bond acceptors (Lipinski definition) is 6. The fourth-order valence-electron chi connectivity index (χ4n) is 1.39. The van der Waals surface area contributed by atoms with Crippen LogP contribution in [0, 0.1) is 13.8 Å². The van der Waals surface area contributed by atoms with Crippen LogP contribution >= 0.6 is 11.3 Å². The Morgan fingerprint density at radius 3 is 2.58 bits per heavy atom. The molecule has 0 fully saturated rings. The SMILES string of the molecule is Cc1cc(NS(=O)(=O)c2cc(C)c(C(=O)O)s2)on1. The van der Waals surface area contributed by atoms with Crippen molar-refractivity contribution in [2.45, 2.75) is 18.1 Å². The van der Waals surface area contributed by atoms with Crippen molar-refractivity contribution >= 4 is 33.2 Å². The fraction of sp³-hybridized carbons (Fsp3) is 0.200. The zero-order valence-corrected chi connectivity index (χ0v) is 11.6. The number of aryl methyl sites for hydroxylation is 2. The maximum atomic E-state index is 12.0. The third kappa shape index (κ3) is 2.76. The van der Waals surface area contributed by atoms with E-state index in [2.05, 4.69) is 9.88 Å². The summed E-state index contributed by atoms with van der Waals surface area (Å²) < 4.78 is 30.9. The van der Waals surface area contributed by atoms with Crippen LogP contribution in [0.5, 0.6) is 0 Å². The summed E-state index contributed by atoms with van der Waals surface area (Å²) in [6.07, 6.45) is 0.